The second-order valence-corrected chi connectivity index (χ2v) is 6.67. The summed E-state index contributed by atoms with van der Waals surface area (Å²) in [5, 5.41) is 5.75. The summed E-state index contributed by atoms with van der Waals surface area (Å²) >= 11 is 0. The fourth-order valence-electron chi connectivity index (χ4n) is 2.91. The molecule has 0 heterocycles. The molecule has 0 saturated heterocycles. The molecule has 5 heteroatoms. The summed E-state index contributed by atoms with van der Waals surface area (Å²) in [6, 6.07) is 15.1. The van der Waals surface area contributed by atoms with Gasteiger partial charge in [0.2, 0.25) is 11.8 Å². The number of amides is 2. The third-order valence-electron chi connectivity index (χ3n) is 4.58. The van der Waals surface area contributed by atoms with Crippen molar-refractivity contribution in [2.24, 2.45) is 5.41 Å². The highest BCUT2D eigenvalue weighted by Gasteiger charge is 2.56. The molecule has 0 radical (unpaired) electrons. The lowest BCUT2D eigenvalue weighted by Gasteiger charge is -2.16. The summed E-state index contributed by atoms with van der Waals surface area (Å²) < 4.78 is 5.39. The summed E-state index contributed by atoms with van der Waals surface area (Å²) in [7, 11) is 0. The molecule has 136 valence electrons. The molecule has 1 aliphatic rings. The van der Waals surface area contributed by atoms with Gasteiger partial charge in [-0.05, 0) is 56.5 Å². The van der Waals surface area contributed by atoms with Gasteiger partial charge in [-0.25, -0.2) is 0 Å². The first-order valence-electron chi connectivity index (χ1n) is 8.92. The first-order chi connectivity index (χ1) is 12.5. The van der Waals surface area contributed by atoms with Gasteiger partial charge in [0.05, 0.1) is 6.61 Å². The Morgan fingerprint density at radius 2 is 1.81 bits per heavy atom. The number of hydrogen-bond donors (Lipinski definition) is 2. The number of ether oxygens (including phenoxy) is 1. The molecule has 0 aromatic heterocycles. The molecule has 0 atom stereocenters. The van der Waals surface area contributed by atoms with Crippen molar-refractivity contribution in [3.8, 4) is 5.75 Å². The Morgan fingerprint density at radius 3 is 2.42 bits per heavy atom. The van der Waals surface area contributed by atoms with E-state index in [9.17, 15) is 9.59 Å². The van der Waals surface area contributed by atoms with E-state index in [1.54, 1.807) is 24.3 Å². The molecule has 2 amide bonds. The summed E-state index contributed by atoms with van der Waals surface area (Å²) in [6.07, 6.45) is 1.16. The van der Waals surface area contributed by atoms with Crippen molar-refractivity contribution < 1.29 is 14.3 Å². The quantitative estimate of drug-likeness (QED) is 0.750. The van der Waals surface area contributed by atoms with Crippen molar-refractivity contribution in [1.29, 1.82) is 0 Å². The van der Waals surface area contributed by atoms with Gasteiger partial charge in [0, 0.05) is 12.2 Å². The maximum Gasteiger partial charge on any atom is 0.240 e. The molecule has 0 unspecified atom stereocenters. The average molecular weight is 352 g/mol. The molecule has 1 saturated carbocycles. The van der Waals surface area contributed by atoms with Crippen LogP contribution in [-0.4, -0.2) is 18.4 Å². The van der Waals surface area contributed by atoms with Gasteiger partial charge in [-0.2, -0.15) is 0 Å². The topological polar surface area (TPSA) is 67.4 Å². The number of carbonyl (C=O) groups excluding carboxylic acids is 2. The highest BCUT2D eigenvalue weighted by atomic mass is 16.5. The zero-order chi connectivity index (χ0) is 18.6. The van der Waals surface area contributed by atoms with Crippen LogP contribution in [0, 0.1) is 12.3 Å². The number of anilines is 1. The first kappa shape index (κ1) is 18.0. The first-order valence-corrected chi connectivity index (χ1v) is 8.92. The number of aryl methyl sites for hydroxylation is 1. The number of nitrogens with one attached hydrogen (secondary N) is 2. The number of hydrogen-bond acceptors (Lipinski definition) is 3. The van der Waals surface area contributed by atoms with Crippen LogP contribution >= 0.6 is 0 Å². The number of rotatable bonds is 7. The van der Waals surface area contributed by atoms with Gasteiger partial charge in [0.25, 0.3) is 0 Å². The number of benzene rings is 2. The standard InChI is InChI=1S/C21H24N2O3/c1-3-26-18-9-7-17(8-10-18)23-20(25)21(11-12-21)19(24)22-14-16-6-4-5-15(2)13-16/h4-10,13H,3,11-12,14H2,1-2H3,(H,22,24)(H,23,25). The summed E-state index contributed by atoms with van der Waals surface area (Å²) in [5.41, 5.74) is 1.89. The zero-order valence-electron chi connectivity index (χ0n) is 15.2. The Labute approximate surface area is 153 Å². The fraction of sp³-hybridized carbons (Fsp3) is 0.333. The molecule has 0 spiro atoms. The van der Waals surface area contributed by atoms with E-state index in [-0.39, 0.29) is 11.8 Å². The molecular formula is C21H24N2O3. The molecule has 0 aliphatic heterocycles. The van der Waals surface area contributed by atoms with Crippen LogP contribution < -0.4 is 15.4 Å². The SMILES string of the molecule is CCOc1ccc(NC(=O)C2(C(=O)NCc3cccc(C)c3)CC2)cc1. The lowest BCUT2D eigenvalue weighted by molar-refractivity contribution is -0.134. The van der Waals surface area contributed by atoms with Crippen LogP contribution in [-0.2, 0) is 16.1 Å². The fourth-order valence-corrected chi connectivity index (χ4v) is 2.91. The largest absolute Gasteiger partial charge is 0.494 e. The predicted octanol–water partition coefficient (Wildman–Crippen LogP) is 3.43. The van der Waals surface area contributed by atoms with Gasteiger partial charge in [-0.3, -0.25) is 9.59 Å². The Morgan fingerprint density at radius 1 is 1.08 bits per heavy atom. The van der Waals surface area contributed by atoms with Crippen molar-refractivity contribution >= 4 is 17.5 Å². The molecule has 1 fully saturated rings. The van der Waals surface area contributed by atoms with Crippen LogP contribution in [0.3, 0.4) is 0 Å². The van der Waals surface area contributed by atoms with Crippen LogP contribution in [0.15, 0.2) is 48.5 Å². The molecule has 3 rings (SSSR count). The molecule has 2 aromatic rings. The van der Waals surface area contributed by atoms with Crippen LogP contribution in [0.25, 0.3) is 0 Å². The Hall–Kier alpha value is -2.82. The third-order valence-corrected chi connectivity index (χ3v) is 4.58. The van der Waals surface area contributed by atoms with Crippen molar-refractivity contribution in [3.05, 3.63) is 59.7 Å². The Kier molecular flexibility index (Phi) is 5.26. The molecule has 0 bridgehead atoms. The second kappa shape index (κ2) is 7.60. The van der Waals surface area contributed by atoms with Gasteiger partial charge in [-0.1, -0.05) is 29.8 Å². The maximum atomic E-state index is 12.6. The van der Waals surface area contributed by atoms with Crippen LogP contribution in [0.4, 0.5) is 5.69 Å². The van der Waals surface area contributed by atoms with Crippen LogP contribution in [0.2, 0.25) is 0 Å². The Bertz CT molecular complexity index is 795. The minimum absolute atomic E-state index is 0.206. The van der Waals surface area contributed by atoms with E-state index in [2.05, 4.69) is 10.6 Å². The summed E-state index contributed by atoms with van der Waals surface area (Å²) in [6.45, 7) is 4.95. The lowest BCUT2D eigenvalue weighted by Crippen LogP contribution is -2.39. The summed E-state index contributed by atoms with van der Waals surface area (Å²) in [5.74, 6) is 0.299. The minimum atomic E-state index is -0.942. The van der Waals surface area contributed by atoms with Crippen molar-refractivity contribution in [3.63, 3.8) is 0 Å². The van der Waals surface area contributed by atoms with Gasteiger partial charge >= 0.3 is 0 Å². The van der Waals surface area contributed by atoms with Crippen molar-refractivity contribution in [2.75, 3.05) is 11.9 Å². The smallest absolute Gasteiger partial charge is 0.240 e. The molecule has 2 aromatic carbocycles. The van der Waals surface area contributed by atoms with E-state index >= 15 is 0 Å². The monoisotopic (exact) mass is 352 g/mol. The van der Waals surface area contributed by atoms with E-state index < -0.39 is 5.41 Å². The summed E-state index contributed by atoms with van der Waals surface area (Å²) in [4.78, 5) is 25.2. The van der Waals surface area contributed by atoms with E-state index in [1.807, 2.05) is 38.1 Å². The number of carbonyl (C=O) groups is 2. The van der Waals surface area contributed by atoms with E-state index in [4.69, 9.17) is 4.74 Å². The van der Waals surface area contributed by atoms with Gasteiger partial charge < -0.3 is 15.4 Å². The van der Waals surface area contributed by atoms with Crippen LogP contribution in [0.5, 0.6) is 5.75 Å². The Balaban J connectivity index is 1.58. The molecule has 2 N–H and O–H groups in total. The van der Waals surface area contributed by atoms with Gasteiger partial charge in [0.1, 0.15) is 11.2 Å². The molecular weight excluding hydrogens is 328 g/mol. The second-order valence-electron chi connectivity index (χ2n) is 6.67. The van der Waals surface area contributed by atoms with E-state index in [0.29, 0.717) is 31.7 Å². The highest BCUT2D eigenvalue weighted by Crippen LogP contribution is 2.47. The van der Waals surface area contributed by atoms with Crippen molar-refractivity contribution in [1.82, 2.24) is 5.32 Å². The van der Waals surface area contributed by atoms with Gasteiger partial charge in [0.15, 0.2) is 0 Å². The minimum Gasteiger partial charge on any atom is -0.494 e. The third kappa shape index (κ3) is 4.04. The van der Waals surface area contributed by atoms with Gasteiger partial charge in [-0.15, -0.1) is 0 Å². The maximum absolute atomic E-state index is 12.6. The van der Waals surface area contributed by atoms with E-state index in [0.717, 1.165) is 16.9 Å². The lowest BCUT2D eigenvalue weighted by atomic mass is 10.0. The zero-order valence-corrected chi connectivity index (χ0v) is 15.2. The average Bonchev–Trinajstić information content (AvgIpc) is 3.44. The normalized spacial score (nSPS) is 14.4. The molecule has 5 nitrogen and oxygen atoms in total. The highest BCUT2D eigenvalue weighted by molar-refractivity contribution is 6.13. The van der Waals surface area contributed by atoms with Crippen LogP contribution in [0.1, 0.15) is 30.9 Å². The molecule has 1 aliphatic carbocycles. The predicted molar refractivity (Wildman–Crippen MR) is 101 cm³/mol. The van der Waals surface area contributed by atoms with Crippen molar-refractivity contribution in [2.45, 2.75) is 33.2 Å². The van der Waals surface area contributed by atoms with E-state index in [1.165, 1.54) is 0 Å². The molecule has 26 heavy (non-hydrogen) atoms.